The lowest BCUT2D eigenvalue weighted by Crippen LogP contribution is -2.00. The molecule has 26 heavy (non-hydrogen) atoms. The first-order chi connectivity index (χ1) is 12.4. The summed E-state index contributed by atoms with van der Waals surface area (Å²) in [5.74, 6) is -2.98. The Hall–Kier alpha value is -3.41. The summed E-state index contributed by atoms with van der Waals surface area (Å²) < 4.78 is 32.0. The number of aromatic carboxylic acids is 1. The normalized spacial score (nSPS) is 10.5. The molecule has 0 unspecified atom stereocenters. The van der Waals surface area contributed by atoms with E-state index in [1.54, 1.807) is 30.3 Å². The van der Waals surface area contributed by atoms with E-state index >= 15 is 0 Å². The fraction of sp³-hybridized carbons (Fsp3) is 0.0500. The van der Waals surface area contributed by atoms with Crippen LogP contribution in [-0.4, -0.2) is 16.2 Å². The van der Waals surface area contributed by atoms with Crippen molar-refractivity contribution in [3.8, 4) is 22.6 Å². The van der Waals surface area contributed by atoms with Crippen molar-refractivity contribution in [1.29, 1.82) is 0 Å². The third-order valence-corrected chi connectivity index (χ3v) is 3.79. The van der Waals surface area contributed by atoms with Crippen molar-refractivity contribution in [2.45, 2.75) is 6.61 Å². The van der Waals surface area contributed by atoms with Gasteiger partial charge in [0.05, 0.1) is 0 Å². The summed E-state index contributed by atoms with van der Waals surface area (Å²) in [6, 6.07) is 14.3. The Labute approximate surface area is 147 Å². The quantitative estimate of drug-likeness (QED) is 0.700. The predicted molar refractivity (Wildman–Crippen MR) is 91.2 cm³/mol. The number of carbonyl (C=O) groups is 1. The number of aromatic hydroxyl groups is 1. The first kappa shape index (κ1) is 17.4. The summed E-state index contributed by atoms with van der Waals surface area (Å²) in [5.41, 5.74) is 1.81. The van der Waals surface area contributed by atoms with Gasteiger partial charge in [-0.3, -0.25) is 0 Å². The van der Waals surface area contributed by atoms with Crippen molar-refractivity contribution in [2.75, 3.05) is 0 Å². The molecular formula is C20H14F2O4. The van der Waals surface area contributed by atoms with Crippen LogP contribution in [0.4, 0.5) is 8.78 Å². The Bertz CT molecular complexity index is 950. The number of benzene rings is 3. The number of rotatable bonds is 5. The van der Waals surface area contributed by atoms with Crippen LogP contribution in [0.25, 0.3) is 11.1 Å². The van der Waals surface area contributed by atoms with Crippen LogP contribution >= 0.6 is 0 Å². The fourth-order valence-corrected chi connectivity index (χ4v) is 2.58. The molecule has 0 aliphatic carbocycles. The molecule has 0 fully saturated rings. The second-order valence-corrected chi connectivity index (χ2v) is 5.59. The van der Waals surface area contributed by atoms with E-state index < -0.39 is 17.6 Å². The van der Waals surface area contributed by atoms with Crippen LogP contribution in [0.2, 0.25) is 0 Å². The van der Waals surface area contributed by atoms with Crippen LogP contribution in [0.15, 0.2) is 60.7 Å². The van der Waals surface area contributed by atoms with E-state index in [1.165, 1.54) is 12.1 Å². The molecule has 0 saturated heterocycles. The maximum atomic E-state index is 13.2. The van der Waals surface area contributed by atoms with Gasteiger partial charge in [0.15, 0.2) is 0 Å². The molecule has 6 heteroatoms. The highest BCUT2D eigenvalue weighted by molar-refractivity contribution is 5.91. The predicted octanol–water partition coefficient (Wildman–Crippen LogP) is 4.61. The lowest BCUT2D eigenvalue weighted by molar-refractivity contribution is 0.0693. The fourth-order valence-electron chi connectivity index (χ4n) is 2.58. The van der Waals surface area contributed by atoms with Gasteiger partial charge in [-0.05, 0) is 28.8 Å². The molecule has 132 valence electrons. The molecule has 3 aromatic rings. The van der Waals surface area contributed by atoms with E-state index in [0.29, 0.717) is 16.7 Å². The second-order valence-electron chi connectivity index (χ2n) is 5.59. The Morgan fingerprint density at radius 2 is 1.65 bits per heavy atom. The Morgan fingerprint density at radius 1 is 0.962 bits per heavy atom. The van der Waals surface area contributed by atoms with E-state index in [0.717, 1.165) is 18.2 Å². The maximum Gasteiger partial charge on any atom is 0.339 e. The topological polar surface area (TPSA) is 66.8 Å². The highest BCUT2D eigenvalue weighted by atomic mass is 19.1. The molecule has 0 radical (unpaired) electrons. The third-order valence-electron chi connectivity index (χ3n) is 3.79. The molecule has 0 aromatic heterocycles. The van der Waals surface area contributed by atoms with Crippen molar-refractivity contribution in [3.05, 3.63) is 83.4 Å². The lowest BCUT2D eigenvalue weighted by Gasteiger charge is -2.12. The highest BCUT2D eigenvalue weighted by Gasteiger charge is 2.12. The molecule has 3 aromatic carbocycles. The molecule has 3 rings (SSSR count). The molecule has 0 spiro atoms. The van der Waals surface area contributed by atoms with Crippen molar-refractivity contribution in [3.63, 3.8) is 0 Å². The third kappa shape index (κ3) is 3.80. The standard InChI is InChI=1S/C20H14F2O4/c21-14-8-15(22)10-16(9-14)26-11-13-3-1-2-4-17(13)12-5-6-18(20(24)25)19(23)7-12/h1-10,23H,11H2,(H,24,25). The van der Waals surface area contributed by atoms with Crippen LogP contribution in [0, 0.1) is 11.6 Å². The Balaban J connectivity index is 1.89. The number of phenols is 1. The molecule has 0 amide bonds. The zero-order valence-electron chi connectivity index (χ0n) is 13.4. The summed E-state index contributed by atoms with van der Waals surface area (Å²) in [6.07, 6.45) is 0. The van der Waals surface area contributed by atoms with Crippen LogP contribution in [0.5, 0.6) is 11.5 Å². The van der Waals surface area contributed by atoms with Crippen LogP contribution in [-0.2, 0) is 6.61 Å². The smallest absolute Gasteiger partial charge is 0.339 e. The van der Waals surface area contributed by atoms with Crippen molar-refractivity contribution < 1.29 is 28.5 Å². The molecule has 0 aliphatic rings. The van der Waals surface area contributed by atoms with Gasteiger partial charge in [-0.2, -0.15) is 0 Å². The zero-order chi connectivity index (χ0) is 18.7. The molecule has 0 saturated carbocycles. The largest absolute Gasteiger partial charge is 0.507 e. The Kier molecular flexibility index (Phi) is 4.84. The van der Waals surface area contributed by atoms with Gasteiger partial charge in [-0.15, -0.1) is 0 Å². The summed E-state index contributed by atoms with van der Waals surface area (Å²) >= 11 is 0. The van der Waals surface area contributed by atoms with Gasteiger partial charge in [0.25, 0.3) is 0 Å². The molecule has 0 bridgehead atoms. The van der Waals surface area contributed by atoms with E-state index in [9.17, 15) is 18.7 Å². The lowest BCUT2D eigenvalue weighted by atomic mass is 9.98. The zero-order valence-corrected chi connectivity index (χ0v) is 13.4. The Morgan fingerprint density at radius 3 is 2.31 bits per heavy atom. The average molecular weight is 356 g/mol. The minimum Gasteiger partial charge on any atom is -0.507 e. The van der Waals surface area contributed by atoms with Crippen LogP contribution in [0.1, 0.15) is 15.9 Å². The van der Waals surface area contributed by atoms with Gasteiger partial charge in [-0.25, -0.2) is 13.6 Å². The van der Waals surface area contributed by atoms with Gasteiger partial charge in [0.2, 0.25) is 0 Å². The highest BCUT2D eigenvalue weighted by Crippen LogP contribution is 2.30. The molecular weight excluding hydrogens is 342 g/mol. The SMILES string of the molecule is O=C(O)c1ccc(-c2ccccc2COc2cc(F)cc(F)c2)cc1O. The van der Waals surface area contributed by atoms with E-state index in [1.807, 2.05) is 0 Å². The van der Waals surface area contributed by atoms with Crippen molar-refractivity contribution in [2.24, 2.45) is 0 Å². The summed E-state index contributed by atoms with van der Waals surface area (Å²) in [6.45, 7) is 0.0422. The number of hydrogen-bond donors (Lipinski definition) is 2. The van der Waals surface area contributed by atoms with Gasteiger partial charge < -0.3 is 14.9 Å². The molecule has 4 nitrogen and oxygen atoms in total. The van der Waals surface area contributed by atoms with Crippen LogP contribution < -0.4 is 4.74 Å². The summed E-state index contributed by atoms with van der Waals surface area (Å²) in [4.78, 5) is 11.0. The first-order valence-electron chi connectivity index (χ1n) is 7.67. The van der Waals surface area contributed by atoms with Gasteiger partial charge in [-0.1, -0.05) is 30.3 Å². The van der Waals surface area contributed by atoms with Gasteiger partial charge >= 0.3 is 5.97 Å². The number of hydrogen-bond acceptors (Lipinski definition) is 3. The number of carboxylic acids is 1. The minimum absolute atomic E-state index is 0.0422. The minimum atomic E-state index is -1.22. The maximum absolute atomic E-state index is 13.2. The first-order valence-corrected chi connectivity index (χ1v) is 7.67. The van der Waals surface area contributed by atoms with Gasteiger partial charge in [0, 0.05) is 18.2 Å². The van der Waals surface area contributed by atoms with Crippen LogP contribution in [0.3, 0.4) is 0 Å². The van der Waals surface area contributed by atoms with E-state index in [2.05, 4.69) is 0 Å². The average Bonchev–Trinajstić information content (AvgIpc) is 2.59. The molecule has 0 aliphatic heterocycles. The number of carboxylic acid groups (broad SMARTS) is 1. The second kappa shape index (κ2) is 7.23. The van der Waals surface area contributed by atoms with E-state index in [-0.39, 0.29) is 23.7 Å². The van der Waals surface area contributed by atoms with Crippen molar-refractivity contribution in [1.82, 2.24) is 0 Å². The number of ether oxygens (including phenoxy) is 1. The number of halogens is 2. The van der Waals surface area contributed by atoms with Gasteiger partial charge in [0.1, 0.15) is 35.3 Å². The summed E-state index contributed by atoms with van der Waals surface area (Å²) in [5, 5.41) is 18.9. The van der Waals surface area contributed by atoms with Crippen molar-refractivity contribution >= 4 is 5.97 Å². The summed E-state index contributed by atoms with van der Waals surface area (Å²) in [7, 11) is 0. The molecule has 2 N–H and O–H groups in total. The van der Waals surface area contributed by atoms with E-state index in [4.69, 9.17) is 9.84 Å². The monoisotopic (exact) mass is 356 g/mol. The molecule has 0 heterocycles. The molecule has 0 atom stereocenters.